The van der Waals surface area contributed by atoms with Crippen LogP contribution in [-0.2, 0) is 18.4 Å². The van der Waals surface area contributed by atoms with Gasteiger partial charge in [0.05, 0.1) is 10.7 Å². The zero-order valence-corrected chi connectivity index (χ0v) is 12.4. The standard InChI is InChI=1S/C15H19FN2S/c1-15(2,3)13-9-19-14(18-13)7-10-4-5-12(16)11(6-10)8-17/h4-6,9H,7-8,17H2,1-3H3. The van der Waals surface area contributed by atoms with Crippen molar-refractivity contribution in [3.63, 3.8) is 0 Å². The summed E-state index contributed by atoms with van der Waals surface area (Å²) in [6.45, 7) is 6.67. The Labute approximate surface area is 117 Å². The number of nitrogens with zero attached hydrogens (tertiary/aromatic N) is 1. The normalized spacial score (nSPS) is 11.8. The summed E-state index contributed by atoms with van der Waals surface area (Å²) >= 11 is 1.65. The lowest BCUT2D eigenvalue weighted by Crippen LogP contribution is -2.11. The lowest BCUT2D eigenvalue weighted by atomic mass is 9.93. The molecule has 0 saturated carbocycles. The molecular formula is C15H19FN2S. The van der Waals surface area contributed by atoms with Gasteiger partial charge < -0.3 is 5.73 Å². The second-order valence-corrected chi connectivity index (χ2v) is 6.63. The second-order valence-electron chi connectivity index (χ2n) is 5.68. The lowest BCUT2D eigenvalue weighted by molar-refractivity contribution is 0.571. The van der Waals surface area contributed by atoms with Crippen molar-refractivity contribution in [2.75, 3.05) is 0 Å². The van der Waals surface area contributed by atoms with Crippen LogP contribution in [0.4, 0.5) is 4.39 Å². The van der Waals surface area contributed by atoms with Crippen molar-refractivity contribution in [3.05, 3.63) is 51.2 Å². The van der Waals surface area contributed by atoms with E-state index in [0.717, 1.165) is 22.7 Å². The lowest BCUT2D eigenvalue weighted by Gasteiger charge is -2.14. The molecule has 0 spiro atoms. The minimum atomic E-state index is -0.235. The largest absolute Gasteiger partial charge is 0.326 e. The van der Waals surface area contributed by atoms with Gasteiger partial charge in [-0.3, -0.25) is 0 Å². The van der Waals surface area contributed by atoms with Gasteiger partial charge in [-0.2, -0.15) is 0 Å². The van der Waals surface area contributed by atoms with Gasteiger partial charge in [-0.1, -0.05) is 32.9 Å². The highest BCUT2D eigenvalue weighted by Gasteiger charge is 2.17. The summed E-state index contributed by atoms with van der Waals surface area (Å²) in [4.78, 5) is 4.65. The van der Waals surface area contributed by atoms with E-state index in [1.807, 2.05) is 6.07 Å². The van der Waals surface area contributed by atoms with Gasteiger partial charge >= 0.3 is 0 Å². The molecule has 2 rings (SSSR count). The number of aromatic nitrogens is 1. The van der Waals surface area contributed by atoms with E-state index in [1.165, 1.54) is 6.07 Å². The highest BCUT2D eigenvalue weighted by atomic mass is 32.1. The van der Waals surface area contributed by atoms with Crippen LogP contribution in [0.5, 0.6) is 0 Å². The average Bonchev–Trinajstić information content (AvgIpc) is 2.80. The maximum absolute atomic E-state index is 13.4. The summed E-state index contributed by atoms with van der Waals surface area (Å²) in [6.07, 6.45) is 0.730. The molecule has 0 atom stereocenters. The predicted molar refractivity (Wildman–Crippen MR) is 77.9 cm³/mol. The fourth-order valence-electron chi connectivity index (χ4n) is 1.81. The van der Waals surface area contributed by atoms with Crippen LogP contribution in [0.25, 0.3) is 0 Å². The molecule has 2 N–H and O–H groups in total. The number of hydrogen-bond donors (Lipinski definition) is 1. The topological polar surface area (TPSA) is 38.9 Å². The smallest absolute Gasteiger partial charge is 0.127 e. The quantitative estimate of drug-likeness (QED) is 0.931. The molecule has 0 aliphatic rings. The molecule has 0 bridgehead atoms. The van der Waals surface area contributed by atoms with Gasteiger partial charge in [0.1, 0.15) is 5.82 Å². The number of nitrogens with two attached hydrogens (primary N) is 1. The first-order valence-corrected chi connectivity index (χ1v) is 7.20. The summed E-state index contributed by atoms with van der Waals surface area (Å²) in [5.74, 6) is -0.235. The monoisotopic (exact) mass is 278 g/mol. The summed E-state index contributed by atoms with van der Waals surface area (Å²) in [5.41, 5.74) is 8.31. The number of hydrogen-bond acceptors (Lipinski definition) is 3. The summed E-state index contributed by atoms with van der Waals surface area (Å²) in [6, 6.07) is 5.11. The van der Waals surface area contributed by atoms with Crippen LogP contribution in [0.2, 0.25) is 0 Å². The molecule has 0 amide bonds. The molecule has 0 saturated heterocycles. The summed E-state index contributed by atoms with van der Waals surface area (Å²) in [5, 5.41) is 3.15. The van der Waals surface area contributed by atoms with Crippen molar-refractivity contribution < 1.29 is 4.39 Å². The summed E-state index contributed by atoms with van der Waals surface area (Å²) < 4.78 is 13.4. The highest BCUT2D eigenvalue weighted by molar-refractivity contribution is 7.09. The van der Waals surface area contributed by atoms with Crippen molar-refractivity contribution >= 4 is 11.3 Å². The average molecular weight is 278 g/mol. The van der Waals surface area contributed by atoms with Crippen molar-refractivity contribution in [3.8, 4) is 0 Å². The Morgan fingerprint density at radius 3 is 2.63 bits per heavy atom. The minimum absolute atomic E-state index is 0.0694. The van der Waals surface area contributed by atoms with Gasteiger partial charge in [-0.05, 0) is 11.6 Å². The SMILES string of the molecule is CC(C)(C)c1csc(Cc2ccc(F)c(CN)c2)n1. The number of thiazole rings is 1. The van der Waals surface area contributed by atoms with Crippen LogP contribution in [0, 0.1) is 5.82 Å². The molecule has 1 heterocycles. The van der Waals surface area contributed by atoms with Crippen LogP contribution < -0.4 is 5.73 Å². The van der Waals surface area contributed by atoms with E-state index in [2.05, 4.69) is 31.1 Å². The van der Waals surface area contributed by atoms with Gasteiger partial charge in [0.15, 0.2) is 0 Å². The molecule has 0 radical (unpaired) electrons. The molecule has 19 heavy (non-hydrogen) atoms. The number of rotatable bonds is 3. The van der Waals surface area contributed by atoms with E-state index in [4.69, 9.17) is 5.73 Å². The van der Waals surface area contributed by atoms with Gasteiger partial charge in [-0.15, -0.1) is 11.3 Å². The minimum Gasteiger partial charge on any atom is -0.326 e. The van der Waals surface area contributed by atoms with E-state index in [9.17, 15) is 4.39 Å². The molecule has 1 aromatic heterocycles. The van der Waals surface area contributed by atoms with E-state index >= 15 is 0 Å². The Kier molecular flexibility index (Phi) is 4.02. The Balaban J connectivity index is 2.19. The fraction of sp³-hybridized carbons (Fsp3) is 0.400. The van der Waals surface area contributed by atoms with Crippen LogP contribution in [0.3, 0.4) is 0 Å². The Bertz CT molecular complexity index is 570. The Hall–Kier alpha value is -1.26. The molecule has 0 fully saturated rings. The number of halogens is 1. The second kappa shape index (κ2) is 5.39. The maximum atomic E-state index is 13.4. The van der Waals surface area contributed by atoms with Crippen LogP contribution in [0.1, 0.15) is 42.6 Å². The van der Waals surface area contributed by atoms with Crippen molar-refractivity contribution in [1.29, 1.82) is 0 Å². The first-order valence-electron chi connectivity index (χ1n) is 6.32. The third-order valence-corrected chi connectivity index (χ3v) is 3.85. The third kappa shape index (κ3) is 3.39. The van der Waals surface area contributed by atoms with Crippen molar-refractivity contribution in [1.82, 2.24) is 4.98 Å². The van der Waals surface area contributed by atoms with E-state index in [-0.39, 0.29) is 17.8 Å². The zero-order valence-electron chi connectivity index (χ0n) is 11.5. The predicted octanol–water partition coefficient (Wildman–Crippen LogP) is 3.63. The Morgan fingerprint density at radius 1 is 1.32 bits per heavy atom. The van der Waals surface area contributed by atoms with Gasteiger partial charge in [0.25, 0.3) is 0 Å². The first kappa shape index (κ1) is 14.2. The molecule has 0 aliphatic heterocycles. The molecule has 1 aromatic carbocycles. The molecular weight excluding hydrogens is 259 g/mol. The van der Waals surface area contributed by atoms with E-state index in [1.54, 1.807) is 17.4 Å². The van der Waals surface area contributed by atoms with Crippen molar-refractivity contribution in [2.45, 2.75) is 39.2 Å². The molecule has 0 aliphatic carbocycles. The van der Waals surface area contributed by atoms with E-state index in [0.29, 0.717) is 5.56 Å². The molecule has 2 aromatic rings. The first-order chi connectivity index (χ1) is 8.90. The van der Waals surface area contributed by atoms with E-state index < -0.39 is 0 Å². The Morgan fingerprint density at radius 2 is 2.05 bits per heavy atom. The van der Waals surface area contributed by atoms with Crippen molar-refractivity contribution in [2.24, 2.45) is 5.73 Å². The fourth-order valence-corrected chi connectivity index (χ4v) is 2.86. The highest BCUT2D eigenvalue weighted by Crippen LogP contribution is 2.25. The van der Waals surface area contributed by atoms with Crippen LogP contribution >= 0.6 is 11.3 Å². The third-order valence-electron chi connectivity index (χ3n) is 3.01. The van der Waals surface area contributed by atoms with Gasteiger partial charge in [-0.25, -0.2) is 9.37 Å². The van der Waals surface area contributed by atoms with Crippen LogP contribution in [0.15, 0.2) is 23.6 Å². The van der Waals surface area contributed by atoms with Crippen LogP contribution in [-0.4, -0.2) is 4.98 Å². The maximum Gasteiger partial charge on any atom is 0.127 e. The molecule has 102 valence electrons. The molecule has 2 nitrogen and oxygen atoms in total. The molecule has 0 unspecified atom stereocenters. The van der Waals surface area contributed by atoms with Gasteiger partial charge in [0, 0.05) is 29.3 Å². The molecule has 4 heteroatoms. The zero-order chi connectivity index (χ0) is 14.0. The summed E-state index contributed by atoms with van der Waals surface area (Å²) in [7, 11) is 0. The van der Waals surface area contributed by atoms with Gasteiger partial charge in [0.2, 0.25) is 0 Å². The number of benzene rings is 1.